The molecule has 28 heavy (non-hydrogen) atoms. The van der Waals surface area contributed by atoms with E-state index in [1.165, 1.54) is 19.3 Å². The van der Waals surface area contributed by atoms with Crippen LogP contribution < -0.4 is 4.74 Å². The zero-order valence-electron chi connectivity index (χ0n) is 16.5. The first kappa shape index (κ1) is 18.7. The van der Waals surface area contributed by atoms with Gasteiger partial charge in [0.25, 0.3) is 0 Å². The van der Waals surface area contributed by atoms with E-state index < -0.39 is 0 Å². The van der Waals surface area contributed by atoms with Crippen molar-refractivity contribution in [2.75, 3.05) is 6.54 Å². The molecule has 6 nitrogen and oxygen atoms in total. The average molecular weight is 380 g/mol. The van der Waals surface area contributed by atoms with Crippen molar-refractivity contribution in [2.24, 2.45) is 0 Å². The van der Waals surface area contributed by atoms with E-state index in [9.17, 15) is 0 Å². The normalized spacial score (nSPS) is 17.7. The van der Waals surface area contributed by atoms with Gasteiger partial charge in [0.05, 0.1) is 12.7 Å². The number of para-hydroxylation sites is 1. The number of rotatable bonds is 8. The first-order chi connectivity index (χ1) is 13.8. The second-order valence-corrected chi connectivity index (χ2v) is 7.50. The van der Waals surface area contributed by atoms with E-state index in [-0.39, 0.29) is 0 Å². The molecule has 1 atom stereocenters. The fourth-order valence-corrected chi connectivity index (χ4v) is 3.83. The highest BCUT2D eigenvalue weighted by Crippen LogP contribution is 2.23. The number of aromatic nitrogens is 3. The third-order valence-corrected chi connectivity index (χ3v) is 5.31. The van der Waals surface area contributed by atoms with Crippen LogP contribution in [0.1, 0.15) is 42.9 Å². The first-order valence-corrected chi connectivity index (χ1v) is 10.1. The van der Waals surface area contributed by atoms with Crippen LogP contribution in [0.3, 0.4) is 0 Å². The topological polar surface area (TPSA) is 56.3 Å². The Morgan fingerprint density at radius 1 is 1.14 bits per heavy atom. The van der Waals surface area contributed by atoms with Crippen molar-refractivity contribution in [1.82, 2.24) is 19.9 Å². The van der Waals surface area contributed by atoms with Crippen molar-refractivity contribution in [1.29, 1.82) is 0 Å². The van der Waals surface area contributed by atoms with E-state index in [0.717, 1.165) is 49.0 Å². The van der Waals surface area contributed by atoms with Crippen LogP contribution in [0, 0.1) is 6.92 Å². The Balaban J connectivity index is 1.28. The van der Waals surface area contributed by atoms with Crippen LogP contribution in [-0.4, -0.2) is 32.5 Å². The molecule has 0 aliphatic carbocycles. The Bertz CT molecular complexity index is 858. The molecule has 1 unspecified atom stereocenters. The SMILES string of the molecule is Cc1ccc(CN2CCCCC2CCn2cc(COc3ccccc3)nn2)o1. The smallest absolute Gasteiger partial charge is 0.134 e. The van der Waals surface area contributed by atoms with Gasteiger partial charge in [-0.2, -0.15) is 0 Å². The second-order valence-electron chi connectivity index (χ2n) is 7.50. The molecule has 3 aromatic rings. The second kappa shape index (κ2) is 9.06. The highest BCUT2D eigenvalue weighted by Gasteiger charge is 2.23. The summed E-state index contributed by atoms with van der Waals surface area (Å²) in [4.78, 5) is 2.55. The third-order valence-electron chi connectivity index (χ3n) is 5.31. The molecule has 1 saturated heterocycles. The van der Waals surface area contributed by atoms with Crippen molar-refractivity contribution in [2.45, 2.75) is 58.3 Å². The summed E-state index contributed by atoms with van der Waals surface area (Å²) in [6, 6.07) is 14.5. The molecule has 0 amide bonds. The predicted octanol–water partition coefficient (Wildman–Crippen LogP) is 4.20. The number of hydrogen-bond donors (Lipinski definition) is 0. The quantitative estimate of drug-likeness (QED) is 0.586. The van der Waals surface area contributed by atoms with E-state index >= 15 is 0 Å². The highest BCUT2D eigenvalue weighted by molar-refractivity contribution is 5.21. The van der Waals surface area contributed by atoms with Gasteiger partial charge in [-0.25, -0.2) is 0 Å². The van der Waals surface area contributed by atoms with Crippen molar-refractivity contribution < 1.29 is 9.15 Å². The van der Waals surface area contributed by atoms with Gasteiger partial charge in [0.1, 0.15) is 29.6 Å². The summed E-state index contributed by atoms with van der Waals surface area (Å²) in [7, 11) is 0. The maximum atomic E-state index is 5.78. The van der Waals surface area contributed by atoms with E-state index in [4.69, 9.17) is 9.15 Å². The zero-order valence-corrected chi connectivity index (χ0v) is 16.5. The van der Waals surface area contributed by atoms with Gasteiger partial charge in [-0.3, -0.25) is 9.58 Å². The van der Waals surface area contributed by atoms with Gasteiger partial charge >= 0.3 is 0 Å². The lowest BCUT2D eigenvalue weighted by Gasteiger charge is -2.35. The van der Waals surface area contributed by atoms with Gasteiger partial charge in [0.2, 0.25) is 0 Å². The molecule has 148 valence electrons. The van der Waals surface area contributed by atoms with Crippen LogP contribution in [0.4, 0.5) is 0 Å². The fourth-order valence-electron chi connectivity index (χ4n) is 3.83. The van der Waals surface area contributed by atoms with Gasteiger partial charge in [0, 0.05) is 12.6 Å². The van der Waals surface area contributed by atoms with Crippen LogP contribution in [-0.2, 0) is 19.7 Å². The largest absolute Gasteiger partial charge is 0.487 e. The number of likely N-dealkylation sites (tertiary alicyclic amines) is 1. The summed E-state index contributed by atoms with van der Waals surface area (Å²) in [6.07, 6.45) is 6.86. The van der Waals surface area contributed by atoms with Gasteiger partial charge < -0.3 is 9.15 Å². The minimum atomic E-state index is 0.442. The van der Waals surface area contributed by atoms with E-state index in [1.54, 1.807) is 0 Å². The number of aryl methyl sites for hydroxylation is 2. The van der Waals surface area contributed by atoms with Crippen molar-refractivity contribution in [3.63, 3.8) is 0 Å². The molecular formula is C22H28N4O2. The molecule has 0 bridgehead atoms. The molecule has 1 fully saturated rings. The monoisotopic (exact) mass is 380 g/mol. The third kappa shape index (κ3) is 5.01. The summed E-state index contributed by atoms with van der Waals surface area (Å²) in [6.45, 7) is 5.35. The molecule has 0 spiro atoms. The maximum absolute atomic E-state index is 5.78. The number of furan rings is 1. The molecule has 4 rings (SSSR count). The van der Waals surface area contributed by atoms with Crippen molar-refractivity contribution in [3.8, 4) is 5.75 Å². The average Bonchev–Trinajstić information content (AvgIpc) is 3.35. The number of piperidine rings is 1. The lowest BCUT2D eigenvalue weighted by molar-refractivity contribution is 0.118. The predicted molar refractivity (Wildman–Crippen MR) is 107 cm³/mol. The van der Waals surface area contributed by atoms with Gasteiger partial charge in [-0.1, -0.05) is 29.8 Å². The van der Waals surface area contributed by atoms with Gasteiger partial charge in [-0.15, -0.1) is 5.10 Å². The molecule has 1 aromatic carbocycles. The van der Waals surface area contributed by atoms with E-state index in [2.05, 4.69) is 21.3 Å². The first-order valence-electron chi connectivity index (χ1n) is 10.1. The number of benzene rings is 1. The molecule has 6 heteroatoms. The minimum absolute atomic E-state index is 0.442. The molecular weight excluding hydrogens is 352 g/mol. The molecule has 1 aliphatic heterocycles. The Labute approximate surface area is 166 Å². The minimum Gasteiger partial charge on any atom is -0.487 e. The van der Waals surface area contributed by atoms with E-state index in [1.807, 2.05) is 54.2 Å². The molecule has 0 radical (unpaired) electrons. The van der Waals surface area contributed by atoms with Crippen molar-refractivity contribution >= 4 is 0 Å². The molecule has 1 aliphatic rings. The zero-order chi connectivity index (χ0) is 19.2. The van der Waals surface area contributed by atoms with Crippen molar-refractivity contribution in [3.05, 3.63) is 65.9 Å². The van der Waals surface area contributed by atoms with Gasteiger partial charge in [0.15, 0.2) is 0 Å². The highest BCUT2D eigenvalue weighted by atomic mass is 16.5. The fraction of sp³-hybridized carbons (Fsp3) is 0.455. The van der Waals surface area contributed by atoms with Gasteiger partial charge in [-0.05, 0) is 57.0 Å². The molecule has 3 heterocycles. The summed E-state index contributed by atoms with van der Waals surface area (Å²) >= 11 is 0. The molecule has 0 N–H and O–H groups in total. The van der Waals surface area contributed by atoms with Crippen LogP contribution in [0.25, 0.3) is 0 Å². The summed E-state index contributed by atoms with van der Waals surface area (Å²) in [5.74, 6) is 2.89. The summed E-state index contributed by atoms with van der Waals surface area (Å²) < 4.78 is 13.5. The Morgan fingerprint density at radius 3 is 2.86 bits per heavy atom. The lowest BCUT2D eigenvalue weighted by atomic mass is 9.99. The van der Waals surface area contributed by atoms with Crippen LogP contribution in [0.15, 0.2) is 53.1 Å². The number of hydrogen-bond acceptors (Lipinski definition) is 5. The standard InChI is InChI=1S/C22H28N4O2/c1-18-10-11-22(28-18)16-25-13-6-5-7-20(25)12-14-26-15-19(23-24-26)17-27-21-8-3-2-4-9-21/h2-4,8-11,15,20H,5-7,12-14,16-17H2,1H3. The van der Waals surface area contributed by atoms with E-state index in [0.29, 0.717) is 12.6 Å². The Kier molecular flexibility index (Phi) is 6.07. The molecule has 0 saturated carbocycles. The number of nitrogens with zero attached hydrogens (tertiary/aromatic N) is 4. The Morgan fingerprint density at radius 2 is 2.04 bits per heavy atom. The lowest BCUT2D eigenvalue weighted by Crippen LogP contribution is -2.39. The number of ether oxygens (including phenoxy) is 1. The van der Waals surface area contributed by atoms with Crippen LogP contribution in [0.5, 0.6) is 5.75 Å². The summed E-state index contributed by atoms with van der Waals surface area (Å²) in [5, 5.41) is 8.52. The summed E-state index contributed by atoms with van der Waals surface area (Å²) in [5.41, 5.74) is 0.857. The van der Waals surface area contributed by atoms with Crippen LogP contribution >= 0.6 is 0 Å². The Hall–Kier alpha value is -2.60. The maximum Gasteiger partial charge on any atom is 0.134 e. The molecule has 2 aromatic heterocycles. The van der Waals surface area contributed by atoms with Crippen LogP contribution in [0.2, 0.25) is 0 Å².